The zero-order valence-electron chi connectivity index (χ0n) is 53.0. The molecular formula is C65H145NO8. The highest BCUT2D eigenvalue weighted by atomic mass is 16.3. The van der Waals surface area contributed by atoms with Gasteiger partial charge in [-0.25, -0.2) is 0 Å². The molecule has 458 valence electrons. The summed E-state index contributed by atoms with van der Waals surface area (Å²) in [6.45, 7) is 41.3. The molecule has 0 spiro atoms. The molecule has 9 nitrogen and oxygen atoms in total. The Labute approximate surface area is 466 Å². The van der Waals surface area contributed by atoms with Crippen LogP contribution in [0.5, 0.6) is 0 Å². The number of hydrogen-bond acceptors (Lipinski definition) is 9. The first-order valence-electron chi connectivity index (χ1n) is 31.1. The maximum Gasteiger partial charge on any atom is 0.0768 e. The van der Waals surface area contributed by atoms with Crippen LogP contribution in [0, 0.1) is 75.9 Å². The van der Waals surface area contributed by atoms with Crippen LogP contribution in [-0.4, -0.2) is 99.7 Å². The van der Waals surface area contributed by atoms with Crippen molar-refractivity contribution in [2.75, 3.05) is 52.8 Å². The summed E-state index contributed by atoms with van der Waals surface area (Å²) in [5, 5.41) is 66.6. The van der Waals surface area contributed by atoms with E-state index >= 15 is 0 Å². The molecule has 0 bridgehead atoms. The molecule has 0 saturated heterocycles. The zero-order valence-corrected chi connectivity index (χ0v) is 53.0. The fourth-order valence-corrected chi connectivity index (χ4v) is 8.84. The minimum Gasteiger partial charge on any atom is -0.396 e. The van der Waals surface area contributed by atoms with E-state index in [0.29, 0.717) is 13.0 Å². The van der Waals surface area contributed by atoms with Gasteiger partial charge in [-0.3, -0.25) is 0 Å². The van der Waals surface area contributed by atoms with E-state index in [9.17, 15) is 0 Å². The molecule has 10 N–H and O–H groups in total. The Balaban J connectivity index is -0.000000144. The molecule has 0 aromatic rings. The van der Waals surface area contributed by atoms with E-state index < -0.39 is 11.5 Å². The standard InChI is InChI=1S/C17H32.C15H28.C7H16.C5H12O3.C5H12O2.C4H10O2.C3H9N.C3H8O.C3H8.C2H6.CH4/c1-12-5-7-16(9-14(12)3)11-17-8-6-13(2)15(4)10-17;1-12-3-7-14(8-4-12)11-15-9-5-13(2)6-10-15;1-4-6-7(3)5-2;1-5(2-6,3-7)4-8;1-5(2,3-6)4-7;1-2-4(6)3-5;2*1-2-3-4;1-3-2;1-2;/h12-17H,5-11H2,1-4H3;12-15H,3-11H2,1-2H3;7H,4-6H2,1-3H3;6-8H,2-4H2,1H3;6-7H,3-4H2,1-2H3;4-6H,2-3H2,1H3;2-4H2,1H3;4H,2-3H2,1H3;3H2,1-2H3;1-2H3;1H4. The molecule has 8 unspecified atom stereocenters. The molecular weight excluding hydrogens is 923 g/mol. The fourth-order valence-electron chi connectivity index (χ4n) is 8.84. The Kier molecular flexibility index (Phi) is 71.3. The molecule has 74 heavy (non-hydrogen) atoms. The molecule has 4 fully saturated rings. The van der Waals surface area contributed by atoms with Crippen LogP contribution in [0.25, 0.3) is 0 Å². The lowest BCUT2D eigenvalue weighted by Crippen LogP contribution is -2.29. The fraction of sp³-hybridized carbons (Fsp3) is 1.00. The number of rotatable bonds is 16. The minimum absolute atomic E-state index is 0. The van der Waals surface area contributed by atoms with E-state index in [-0.39, 0.29) is 52.5 Å². The maximum absolute atomic E-state index is 8.47. The summed E-state index contributed by atoms with van der Waals surface area (Å²) in [5.41, 5.74) is 4.01. The third-order valence-corrected chi connectivity index (χ3v) is 15.7. The van der Waals surface area contributed by atoms with Crippen LogP contribution in [-0.2, 0) is 0 Å². The highest BCUT2D eigenvalue weighted by molar-refractivity contribution is 4.82. The van der Waals surface area contributed by atoms with E-state index in [2.05, 4.69) is 83.1 Å². The number of aliphatic hydroxyl groups is 8. The third-order valence-electron chi connectivity index (χ3n) is 15.7. The van der Waals surface area contributed by atoms with Crippen molar-refractivity contribution in [1.29, 1.82) is 0 Å². The van der Waals surface area contributed by atoms with Crippen LogP contribution in [0.2, 0.25) is 0 Å². The molecule has 4 aliphatic carbocycles. The van der Waals surface area contributed by atoms with Crippen LogP contribution in [0.1, 0.15) is 287 Å². The molecule has 0 radical (unpaired) electrons. The molecule has 4 rings (SSSR count). The van der Waals surface area contributed by atoms with Gasteiger partial charge in [0.25, 0.3) is 0 Å². The highest BCUT2D eigenvalue weighted by Crippen LogP contribution is 2.42. The van der Waals surface area contributed by atoms with E-state index in [0.717, 1.165) is 84.5 Å². The maximum atomic E-state index is 8.47. The van der Waals surface area contributed by atoms with E-state index in [1.165, 1.54) is 116 Å². The normalized spacial score (nSPS) is 25.8. The highest BCUT2D eigenvalue weighted by Gasteiger charge is 2.30. The molecule has 0 aromatic heterocycles. The van der Waals surface area contributed by atoms with Crippen LogP contribution in [0.15, 0.2) is 0 Å². The van der Waals surface area contributed by atoms with Gasteiger partial charge in [0.1, 0.15) is 0 Å². The smallest absolute Gasteiger partial charge is 0.0768 e. The third kappa shape index (κ3) is 56.4. The summed E-state index contributed by atoms with van der Waals surface area (Å²) in [6.07, 6.45) is 31.8. The zero-order chi connectivity index (χ0) is 57.8. The van der Waals surface area contributed by atoms with Crippen molar-refractivity contribution in [2.45, 2.75) is 293 Å². The molecule has 8 atom stereocenters. The van der Waals surface area contributed by atoms with Crippen molar-refractivity contribution >= 4 is 0 Å². The summed E-state index contributed by atoms with van der Waals surface area (Å²) < 4.78 is 0. The summed E-state index contributed by atoms with van der Waals surface area (Å²) >= 11 is 0. The summed E-state index contributed by atoms with van der Waals surface area (Å²) in [7, 11) is 0. The summed E-state index contributed by atoms with van der Waals surface area (Å²) in [6, 6.07) is 0. The summed E-state index contributed by atoms with van der Waals surface area (Å²) in [4.78, 5) is 0. The van der Waals surface area contributed by atoms with E-state index in [1.54, 1.807) is 33.6 Å². The average molecular weight is 1070 g/mol. The lowest BCUT2D eigenvalue weighted by molar-refractivity contribution is 0.0200. The Morgan fingerprint density at radius 1 is 0.473 bits per heavy atom. The molecule has 4 aliphatic rings. The first-order chi connectivity index (χ1) is 34.5. The average Bonchev–Trinajstić information content (AvgIpc) is 3.41. The second kappa shape index (κ2) is 60.3. The van der Waals surface area contributed by atoms with Crippen LogP contribution in [0.3, 0.4) is 0 Å². The predicted octanol–water partition coefficient (Wildman–Crippen LogP) is 15.9. The van der Waals surface area contributed by atoms with Gasteiger partial charge in [0, 0.05) is 17.4 Å². The van der Waals surface area contributed by atoms with Gasteiger partial charge in [0.05, 0.1) is 45.7 Å². The van der Waals surface area contributed by atoms with Gasteiger partial charge < -0.3 is 46.6 Å². The van der Waals surface area contributed by atoms with Crippen molar-refractivity contribution < 1.29 is 40.9 Å². The Bertz CT molecular complexity index is 944. The lowest BCUT2D eigenvalue weighted by atomic mass is 9.68. The molecule has 0 heterocycles. The first kappa shape index (κ1) is 87.5. The SMILES string of the molecule is C.CC.CC(C)(CO)CO.CC(CO)(CO)CO.CC1CCC(CC2CCC(C)C(C)C2)CC1C.CC1CCC(CC2CCC(C)CC2)CC1.CCC.CCC(O)CO.CCCC(C)CC.CCCN.CCCO. The molecule has 4 saturated carbocycles. The molecule has 0 aromatic carbocycles. The van der Waals surface area contributed by atoms with E-state index in [1.807, 2.05) is 27.7 Å². The minimum atomic E-state index is -0.708. The Morgan fingerprint density at radius 2 is 0.784 bits per heavy atom. The van der Waals surface area contributed by atoms with Gasteiger partial charge in [-0.05, 0) is 117 Å². The number of aliphatic hydroxyl groups excluding tert-OH is 8. The van der Waals surface area contributed by atoms with Crippen molar-refractivity contribution in [2.24, 2.45) is 81.7 Å². The topological polar surface area (TPSA) is 188 Å². The Hall–Kier alpha value is -0.360. The predicted molar refractivity (Wildman–Crippen MR) is 329 cm³/mol. The van der Waals surface area contributed by atoms with Crippen molar-refractivity contribution in [3.8, 4) is 0 Å². The van der Waals surface area contributed by atoms with Crippen LogP contribution in [0.4, 0.5) is 0 Å². The van der Waals surface area contributed by atoms with E-state index in [4.69, 9.17) is 46.6 Å². The van der Waals surface area contributed by atoms with Gasteiger partial charge in [-0.15, -0.1) is 0 Å². The molecule has 0 aliphatic heterocycles. The lowest BCUT2D eigenvalue weighted by Gasteiger charge is -2.37. The van der Waals surface area contributed by atoms with Crippen molar-refractivity contribution in [3.05, 3.63) is 0 Å². The second-order valence-corrected chi connectivity index (χ2v) is 24.5. The quantitative estimate of drug-likeness (QED) is 0.0725. The number of hydrogen-bond donors (Lipinski definition) is 9. The molecule has 0 amide bonds. The summed E-state index contributed by atoms with van der Waals surface area (Å²) in [5.74, 6) is 11.2. The van der Waals surface area contributed by atoms with Crippen LogP contribution < -0.4 is 5.73 Å². The van der Waals surface area contributed by atoms with Gasteiger partial charge >= 0.3 is 0 Å². The Morgan fingerprint density at radius 3 is 0.946 bits per heavy atom. The first-order valence-corrected chi connectivity index (χ1v) is 31.1. The van der Waals surface area contributed by atoms with Gasteiger partial charge in [-0.2, -0.15) is 0 Å². The largest absolute Gasteiger partial charge is 0.396 e. The monoisotopic (exact) mass is 1070 g/mol. The second-order valence-electron chi connectivity index (χ2n) is 24.5. The van der Waals surface area contributed by atoms with Gasteiger partial charge in [-0.1, -0.05) is 242 Å². The van der Waals surface area contributed by atoms with Crippen molar-refractivity contribution in [3.63, 3.8) is 0 Å². The number of nitrogens with two attached hydrogens (primary N) is 1. The van der Waals surface area contributed by atoms with Gasteiger partial charge in [0.2, 0.25) is 0 Å². The van der Waals surface area contributed by atoms with Crippen LogP contribution >= 0.6 is 0 Å². The van der Waals surface area contributed by atoms with Gasteiger partial charge in [0.15, 0.2) is 0 Å². The van der Waals surface area contributed by atoms with Crippen molar-refractivity contribution in [1.82, 2.24) is 0 Å². The molecule has 9 heteroatoms.